The summed E-state index contributed by atoms with van der Waals surface area (Å²) >= 11 is 1.10. The molecule has 0 saturated carbocycles. The molecule has 0 aliphatic heterocycles. The second kappa shape index (κ2) is 5.95. The first-order valence-corrected chi connectivity index (χ1v) is 7.44. The van der Waals surface area contributed by atoms with Gasteiger partial charge in [-0.1, -0.05) is 41.7 Å². The molecule has 0 aliphatic carbocycles. The zero-order valence-electron chi connectivity index (χ0n) is 11.8. The zero-order valence-corrected chi connectivity index (χ0v) is 12.6. The number of pyridine rings is 1. The molecule has 2 aromatic heterocycles. The summed E-state index contributed by atoms with van der Waals surface area (Å²) < 4.78 is 0. The van der Waals surface area contributed by atoms with Crippen molar-refractivity contribution in [3.8, 4) is 11.3 Å². The monoisotopic (exact) mass is 311 g/mol. The number of carboxylic acids is 1. The van der Waals surface area contributed by atoms with Gasteiger partial charge in [-0.05, 0) is 24.6 Å². The van der Waals surface area contributed by atoms with E-state index in [0.717, 1.165) is 22.5 Å². The van der Waals surface area contributed by atoms with E-state index in [9.17, 15) is 9.90 Å². The Hall–Kier alpha value is -2.73. The van der Waals surface area contributed by atoms with E-state index in [0.29, 0.717) is 16.6 Å². The van der Waals surface area contributed by atoms with Gasteiger partial charge in [0.1, 0.15) is 10.7 Å². The van der Waals surface area contributed by atoms with Crippen LogP contribution in [-0.4, -0.2) is 21.0 Å². The fraction of sp³-hybridized carbons (Fsp3) is 0.0625. The summed E-state index contributed by atoms with van der Waals surface area (Å²) in [5.74, 6) is -0.341. The van der Waals surface area contributed by atoms with Gasteiger partial charge in [-0.15, -0.1) is 0 Å². The van der Waals surface area contributed by atoms with Crippen LogP contribution in [0, 0.1) is 6.92 Å². The third-order valence-electron chi connectivity index (χ3n) is 3.02. The predicted molar refractivity (Wildman–Crippen MR) is 86.8 cm³/mol. The normalized spacial score (nSPS) is 10.4. The number of hydrogen-bond acceptors (Lipinski definition) is 5. The maximum atomic E-state index is 11.4. The van der Waals surface area contributed by atoms with Crippen molar-refractivity contribution in [1.29, 1.82) is 0 Å². The van der Waals surface area contributed by atoms with Gasteiger partial charge in [-0.3, -0.25) is 0 Å². The van der Waals surface area contributed by atoms with Crippen LogP contribution in [0.2, 0.25) is 0 Å². The maximum Gasteiger partial charge on any atom is 0.348 e. The first kappa shape index (κ1) is 14.2. The molecule has 3 aromatic rings. The molecule has 5 nitrogen and oxygen atoms in total. The molecular formula is C16H13N3O2S. The number of thiazole rings is 1. The lowest BCUT2D eigenvalue weighted by molar-refractivity contribution is 0.0702. The van der Waals surface area contributed by atoms with Crippen molar-refractivity contribution in [3.63, 3.8) is 0 Å². The zero-order chi connectivity index (χ0) is 15.5. The van der Waals surface area contributed by atoms with E-state index in [2.05, 4.69) is 15.3 Å². The molecule has 0 spiro atoms. The Kier molecular flexibility index (Phi) is 3.84. The second-order valence-corrected chi connectivity index (χ2v) is 5.71. The quantitative estimate of drug-likeness (QED) is 0.763. The fourth-order valence-electron chi connectivity index (χ4n) is 2.02. The number of anilines is 2. The highest BCUT2D eigenvalue weighted by Gasteiger charge is 2.18. The summed E-state index contributed by atoms with van der Waals surface area (Å²) in [6.07, 6.45) is 1.70. The number of rotatable bonds is 4. The first-order valence-electron chi connectivity index (χ1n) is 6.63. The lowest BCUT2D eigenvalue weighted by Gasteiger charge is -2.01. The van der Waals surface area contributed by atoms with E-state index in [1.54, 1.807) is 6.20 Å². The average molecular weight is 311 g/mol. The van der Waals surface area contributed by atoms with E-state index in [1.807, 2.05) is 49.4 Å². The SMILES string of the molecule is Cc1ccnc(Nc2nc(-c3ccccc3)c(C(=O)O)s2)c1. The Bertz CT molecular complexity index is 815. The molecule has 0 fully saturated rings. The van der Waals surface area contributed by atoms with E-state index >= 15 is 0 Å². The van der Waals surface area contributed by atoms with Gasteiger partial charge in [0.2, 0.25) is 0 Å². The summed E-state index contributed by atoms with van der Waals surface area (Å²) in [5, 5.41) is 12.9. The van der Waals surface area contributed by atoms with Crippen LogP contribution in [0.4, 0.5) is 10.9 Å². The van der Waals surface area contributed by atoms with E-state index < -0.39 is 5.97 Å². The number of carboxylic acid groups (broad SMARTS) is 1. The Morgan fingerprint density at radius 3 is 2.68 bits per heavy atom. The van der Waals surface area contributed by atoms with Crippen molar-refractivity contribution >= 4 is 28.3 Å². The molecule has 0 aliphatic rings. The van der Waals surface area contributed by atoms with Gasteiger partial charge in [0.15, 0.2) is 5.13 Å². The van der Waals surface area contributed by atoms with Gasteiger partial charge in [-0.2, -0.15) is 0 Å². The van der Waals surface area contributed by atoms with E-state index in [1.165, 1.54) is 0 Å². The highest BCUT2D eigenvalue weighted by Crippen LogP contribution is 2.32. The van der Waals surface area contributed by atoms with Crippen LogP contribution in [0.1, 0.15) is 15.2 Å². The molecule has 0 bridgehead atoms. The molecule has 1 aromatic carbocycles. The maximum absolute atomic E-state index is 11.4. The molecule has 0 unspecified atom stereocenters. The Balaban J connectivity index is 1.99. The summed E-state index contributed by atoms with van der Waals surface area (Å²) in [4.78, 5) is 20.3. The Morgan fingerprint density at radius 1 is 1.23 bits per heavy atom. The van der Waals surface area contributed by atoms with Crippen LogP contribution in [0.3, 0.4) is 0 Å². The summed E-state index contributed by atoms with van der Waals surface area (Å²) in [7, 11) is 0. The minimum atomic E-state index is -0.985. The summed E-state index contributed by atoms with van der Waals surface area (Å²) in [6, 6.07) is 13.1. The van der Waals surface area contributed by atoms with Crippen molar-refractivity contribution in [3.05, 3.63) is 59.1 Å². The van der Waals surface area contributed by atoms with Gasteiger partial charge < -0.3 is 10.4 Å². The summed E-state index contributed by atoms with van der Waals surface area (Å²) in [5.41, 5.74) is 2.31. The van der Waals surface area contributed by atoms with Crippen LogP contribution in [0.25, 0.3) is 11.3 Å². The molecular weight excluding hydrogens is 298 g/mol. The Morgan fingerprint density at radius 2 is 2.00 bits per heavy atom. The molecule has 0 atom stereocenters. The number of nitrogens with zero attached hydrogens (tertiary/aromatic N) is 2. The third kappa shape index (κ3) is 2.96. The van der Waals surface area contributed by atoms with Crippen molar-refractivity contribution in [1.82, 2.24) is 9.97 Å². The number of aromatic carboxylic acids is 1. The molecule has 0 saturated heterocycles. The number of aryl methyl sites for hydroxylation is 1. The van der Waals surface area contributed by atoms with Gasteiger partial charge in [0, 0.05) is 11.8 Å². The lowest BCUT2D eigenvalue weighted by Crippen LogP contribution is -1.95. The fourth-order valence-corrected chi connectivity index (χ4v) is 2.86. The van der Waals surface area contributed by atoms with Gasteiger partial charge in [0.25, 0.3) is 0 Å². The van der Waals surface area contributed by atoms with Crippen LogP contribution >= 0.6 is 11.3 Å². The molecule has 0 radical (unpaired) electrons. The molecule has 0 amide bonds. The molecule has 110 valence electrons. The van der Waals surface area contributed by atoms with Gasteiger partial charge in [0.05, 0.1) is 5.69 Å². The number of hydrogen-bond donors (Lipinski definition) is 2. The second-order valence-electron chi connectivity index (χ2n) is 4.71. The molecule has 22 heavy (non-hydrogen) atoms. The van der Waals surface area contributed by atoms with Crippen LogP contribution in [0.5, 0.6) is 0 Å². The standard InChI is InChI=1S/C16H13N3O2S/c1-10-7-8-17-12(9-10)18-16-19-13(14(22-16)15(20)21)11-5-3-2-4-6-11/h2-9H,1H3,(H,20,21)(H,17,18,19). The van der Waals surface area contributed by atoms with Crippen molar-refractivity contribution in [2.75, 3.05) is 5.32 Å². The average Bonchev–Trinajstić information content (AvgIpc) is 2.92. The van der Waals surface area contributed by atoms with Crippen LogP contribution < -0.4 is 5.32 Å². The van der Waals surface area contributed by atoms with Crippen molar-refractivity contribution in [2.45, 2.75) is 6.92 Å². The smallest absolute Gasteiger partial charge is 0.348 e. The largest absolute Gasteiger partial charge is 0.477 e. The number of benzene rings is 1. The van der Waals surface area contributed by atoms with Gasteiger partial charge in [-0.25, -0.2) is 14.8 Å². The molecule has 2 heterocycles. The minimum absolute atomic E-state index is 0.210. The lowest BCUT2D eigenvalue weighted by atomic mass is 10.1. The highest BCUT2D eigenvalue weighted by molar-refractivity contribution is 7.17. The minimum Gasteiger partial charge on any atom is -0.477 e. The topological polar surface area (TPSA) is 75.1 Å². The van der Waals surface area contributed by atoms with Crippen LogP contribution in [-0.2, 0) is 0 Å². The predicted octanol–water partition coefficient (Wildman–Crippen LogP) is 3.96. The summed E-state index contributed by atoms with van der Waals surface area (Å²) in [6.45, 7) is 1.97. The van der Waals surface area contributed by atoms with Crippen molar-refractivity contribution < 1.29 is 9.90 Å². The Labute approximate surface area is 131 Å². The number of aromatic nitrogens is 2. The van der Waals surface area contributed by atoms with Crippen LogP contribution in [0.15, 0.2) is 48.7 Å². The first-order chi connectivity index (χ1) is 10.6. The highest BCUT2D eigenvalue weighted by atomic mass is 32.1. The van der Waals surface area contributed by atoms with E-state index in [-0.39, 0.29) is 4.88 Å². The number of nitrogens with one attached hydrogen (secondary N) is 1. The molecule has 6 heteroatoms. The third-order valence-corrected chi connectivity index (χ3v) is 3.98. The molecule has 2 N–H and O–H groups in total. The number of carbonyl (C=O) groups is 1. The van der Waals surface area contributed by atoms with Crippen molar-refractivity contribution in [2.24, 2.45) is 0 Å². The van der Waals surface area contributed by atoms with Gasteiger partial charge >= 0.3 is 5.97 Å². The molecule has 3 rings (SSSR count). The van der Waals surface area contributed by atoms with E-state index in [4.69, 9.17) is 0 Å².